The third-order valence-corrected chi connectivity index (χ3v) is 9.29. The number of amides is 1. The molecule has 2 heterocycles. The second kappa shape index (κ2) is 7.71. The van der Waals surface area contributed by atoms with Gasteiger partial charge in [-0.15, -0.1) is 0 Å². The van der Waals surface area contributed by atoms with E-state index in [2.05, 4.69) is 0 Å². The van der Waals surface area contributed by atoms with Crippen molar-refractivity contribution >= 4 is 21.8 Å². The fourth-order valence-corrected chi connectivity index (χ4v) is 7.87. The lowest BCUT2D eigenvalue weighted by Gasteiger charge is -2.47. The van der Waals surface area contributed by atoms with Crippen LogP contribution in [0.1, 0.15) is 51.2 Å². The molecule has 0 bridgehead atoms. The minimum Gasteiger partial charge on any atom is -0.444 e. The molecule has 1 saturated carbocycles. The van der Waals surface area contributed by atoms with Crippen molar-refractivity contribution in [1.82, 2.24) is 4.90 Å². The number of aliphatic hydroxyl groups is 1. The number of aliphatic hydroxyl groups excluding tert-OH is 1. The molecule has 1 amide bonds. The number of hydrogen-bond donors (Lipinski definition) is 1. The second-order valence-electron chi connectivity index (χ2n) is 10.8. The average molecular weight is 485 g/mol. The Labute approximate surface area is 201 Å². The summed E-state index contributed by atoms with van der Waals surface area (Å²) in [5.41, 5.74) is 1.31. The molecular weight excluding hydrogens is 452 g/mol. The third kappa shape index (κ3) is 3.41. The number of ether oxygens (including phenoxy) is 1. The topological polar surface area (TPSA) is 87.2 Å². The van der Waals surface area contributed by atoms with Gasteiger partial charge in [-0.3, -0.25) is 4.31 Å². The zero-order chi connectivity index (χ0) is 24.5. The normalized spacial score (nSPS) is 28.3. The van der Waals surface area contributed by atoms with Gasteiger partial charge in [-0.25, -0.2) is 13.2 Å². The summed E-state index contributed by atoms with van der Waals surface area (Å²) in [6, 6.07) is 13.6. The fraction of sp³-hybridized carbons (Fsp3) is 0.500. The summed E-state index contributed by atoms with van der Waals surface area (Å²) in [6.45, 7) is 7.86. The number of aryl methyl sites for hydroxylation is 1. The van der Waals surface area contributed by atoms with Gasteiger partial charge in [0.15, 0.2) is 0 Å². The number of hydrogen-bond acceptors (Lipinski definition) is 5. The first-order valence-corrected chi connectivity index (χ1v) is 13.3. The van der Waals surface area contributed by atoms with E-state index in [-0.39, 0.29) is 10.9 Å². The number of carbonyl (C=O) groups excluding carboxylic acids is 1. The van der Waals surface area contributed by atoms with Crippen LogP contribution in [0.2, 0.25) is 0 Å². The van der Waals surface area contributed by atoms with Crippen LogP contribution in [0.15, 0.2) is 53.4 Å². The van der Waals surface area contributed by atoms with E-state index in [1.54, 1.807) is 29.2 Å². The first kappa shape index (κ1) is 23.2. The van der Waals surface area contributed by atoms with Crippen molar-refractivity contribution in [3.63, 3.8) is 0 Å². The van der Waals surface area contributed by atoms with Gasteiger partial charge in [0.05, 0.1) is 22.7 Å². The smallest absolute Gasteiger partial charge is 0.410 e. The SMILES string of the molecule is Cc1ccc(S(=O)(=O)N2c3ccccc3[C@]34CCN(C(=O)OC(C)(C)C)[C@H]3CC(O)C[C@H]24)cc1. The van der Waals surface area contributed by atoms with Gasteiger partial charge < -0.3 is 14.7 Å². The second-order valence-corrected chi connectivity index (χ2v) is 12.6. The van der Waals surface area contributed by atoms with E-state index in [0.29, 0.717) is 31.5 Å². The molecule has 1 saturated heterocycles. The molecule has 182 valence electrons. The zero-order valence-corrected chi connectivity index (χ0v) is 20.9. The number of anilines is 1. The van der Waals surface area contributed by atoms with Crippen molar-refractivity contribution in [3.8, 4) is 0 Å². The maximum atomic E-state index is 14.0. The van der Waals surface area contributed by atoms with Crippen LogP contribution in [0.4, 0.5) is 10.5 Å². The molecule has 1 spiro atoms. The Balaban J connectivity index is 1.63. The Morgan fingerprint density at radius 1 is 1.06 bits per heavy atom. The molecule has 2 aromatic rings. The van der Waals surface area contributed by atoms with Gasteiger partial charge in [0.1, 0.15) is 5.60 Å². The van der Waals surface area contributed by atoms with Crippen LogP contribution >= 0.6 is 0 Å². The Bertz CT molecular complexity index is 1220. The Kier molecular flexibility index (Phi) is 5.26. The summed E-state index contributed by atoms with van der Waals surface area (Å²) in [6.07, 6.45) is 0.183. The van der Waals surface area contributed by atoms with Crippen molar-refractivity contribution in [2.75, 3.05) is 10.8 Å². The molecule has 8 heteroatoms. The minimum absolute atomic E-state index is 0.226. The van der Waals surface area contributed by atoms with E-state index in [0.717, 1.165) is 11.1 Å². The van der Waals surface area contributed by atoms with Gasteiger partial charge >= 0.3 is 6.09 Å². The van der Waals surface area contributed by atoms with Crippen LogP contribution < -0.4 is 4.31 Å². The van der Waals surface area contributed by atoms with Crippen molar-refractivity contribution < 1.29 is 23.1 Å². The van der Waals surface area contributed by atoms with Crippen molar-refractivity contribution in [1.29, 1.82) is 0 Å². The van der Waals surface area contributed by atoms with Crippen LogP contribution in [-0.2, 0) is 20.2 Å². The van der Waals surface area contributed by atoms with Crippen molar-refractivity contribution in [2.24, 2.45) is 0 Å². The van der Waals surface area contributed by atoms with E-state index in [1.165, 1.54) is 4.31 Å². The van der Waals surface area contributed by atoms with E-state index >= 15 is 0 Å². The van der Waals surface area contributed by atoms with Gasteiger partial charge in [0.2, 0.25) is 0 Å². The number of fused-ring (bicyclic) bond motifs is 1. The highest BCUT2D eigenvalue weighted by atomic mass is 32.2. The molecule has 2 aromatic carbocycles. The van der Waals surface area contributed by atoms with Crippen LogP contribution in [0.25, 0.3) is 0 Å². The first-order valence-electron chi connectivity index (χ1n) is 11.8. The fourth-order valence-electron chi connectivity index (χ4n) is 6.14. The van der Waals surface area contributed by atoms with Crippen LogP contribution in [0.5, 0.6) is 0 Å². The highest BCUT2D eigenvalue weighted by Crippen LogP contribution is 2.59. The van der Waals surface area contributed by atoms with Crippen LogP contribution in [-0.4, -0.2) is 54.9 Å². The number of para-hydroxylation sites is 1. The van der Waals surface area contributed by atoms with Crippen molar-refractivity contribution in [2.45, 2.75) is 81.1 Å². The highest BCUT2D eigenvalue weighted by Gasteiger charge is 2.65. The Morgan fingerprint density at radius 3 is 2.38 bits per heavy atom. The molecule has 1 aliphatic carbocycles. The number of likely N-dealkylation sites (tertiary alicyclic amines) is 1. The predicted octanol–water partition coefficient (Wildman–Crippen LogP) is 3.97. The lowest BCUT2D eigenvalue weighted by Crippen LogP contribution is -2.60. The molecule has 1 N–H and O–H groups in total. The van der Waals surface area contributed by atoms with E-state index < -0.39 is 39.3 Å². The molecule has 3 aliphatic rings. The molecular formula is C26H32N2O5S. The van der Waals surface area contributed by atoms with Crippen LogP contribution in [0.3, 0.4) is 0 Å². The molecule has 0 aromatic heterocycles. The molecule has 4 atom stereocenters. The summed E-state index contributed by atoms with van der Waals surface area (Å²) in [7, 11) is -3.89. The number of benzene rings is 2. The lowest BCUT2D eigenvalue weighted by molar-refractivity contribution is 0.00191. The standard InChI is InChI=1S/C26H32N2O5S/c1-17-9-11-19(12-10-17)34(31,32)28-21-8-6-5-7-20(21)26-13-14-27(24(30)33-25(2,3)4)22(26)15-18(29)16-23(26)28/h5-12,18,22-23,29H,13-16H2,1-4H3/t18?,22-,23-,26+/m0/s1. The van der Waals surface area contributed by atoms with E-state index in [4.69, 9.17) is 4.74 Å². The summed E-state index contributed by atoms with van der Waals surface area (Å²) in [4.78, 5) is 15.1. The molecule has 0 radical (unpaired) electrons. The van der Waals surface area contributed by atoms with Gasteiger partial charge in [0, 0.05) is 18.0 Å². The number of rotatable bonds is 2. The quantitative estimate of drug-likeness (QED) is 0.697. The average Bonchev–Trinajstić information content (AvgIpc) is 3.26. The Hall–Kier alpha value is -2.58. The number of carbonyl (C=O) groups is 1. The van der Waals surface area contributed by atoms with E-state index in [1.807, 2.05) is 52.0 Å². The third-order valence-electron chi connectivity index (χ3n) is 7.45. The first-order chi connectivity index (χ1) is 15.9. The molecule has 2 aliphatic heterocycles. The number of nitrogens with zero attached hydrogens (tertiary/aromatic N) is 2. The molecule has 5 rings (SSSR count). The maximum absolute atomic E-state index is 14.0. The van der Waals surface area contributed by atoms with Gasteiger partial charge in [-0.05, 0) is 70.7 Å². The summed E-state index contributed by atoms with van der Waals surface area (Å²) in [5.74, 6) is 0. The summed E-state index contributed by atoms with van der Waals surface area (Å²) in [5, 5.41) is 10.9. The van der Waals surface area contributed by atoms with Gasteiger partial charge in [-0.2, -0.15) is 0 Å². The Morgan fingerprint density at radius 2 is 1.71 bits per heavy atom. The van der Waals surface area contributed by atoms with Crippen LogP contribution in [0, 0.1) is 6.92 Å². The van der Waals surface area contributed by atoms with Gasteiger partial charge in [-0.1, -0.05) is 35.9 Å². The molecule has 34 heavy (non-hydrogen) atoms. The minimum atomic E-state index is -3.89. The lowest BCUT2D eigenvalue weighted by atomic mass is 9.64. The molecule has 2 fully saturated rings. The maximum Gasteiger partial charge on any atom is 0.410 e. The molecule has 7 nitrogen and oxygen atoms in total. The predicted molar refractivity (Wildman–Crippen MR) is 129 cm³/mol. The largest absolute Gasteiger partial charge is 0.444 e. The van der Waals surface area contributed by atoms with E-state index in [9.17, 15) is 18.3 Å². The highest BCUT2D eigenvalue weighted by molar-refractivity contribution is 7.92. The van der Waals surface area contributed by atoms with Gasteiger partial charge in [0.25, 0.3) is 10.0 Å². The number of sulfonamides is 1. The summed E-state index contributed by atoms with van der Waals surface area (Å²) >= 11 is 0. The molecule has 1 unspecified atom stereocenters. The monoisotopic (exact) mass is 484 g/mol. The zero-order valence-electron chi connectivity index (χ0n) is 20.1. The summed E-state index contributed by atoms with van der Waals surface area (Å²) < 4.78 is 35.2. The van der Waals surface area contributed by atoms with Crippen molar-refractivity contribution in [3.05, 3.63) is 59.7 Å².